The molecule has 5 nitrogen and oxygen atoms in total. The number of ether oxygens (including phenoxy) is 1. The summed E-state index contributed by atoms with van der Waals surface area (Å²) in [7, 11) is 0. The van der Waals surface area contributed by atoms with E-state index in [-0.39, 0.29) is 6.23 Å². The molecule has 1 N–H and O–H groups in total. The molecule has 0 aliphatic carbocycles. The van der Waals surface area contributed by atoms with Crippen molar-refractivity contribution in [3.8, 4) is 0 Å². The average Bonchev–Trinajstić information content (AvgIpc) is 3.21. The summed E-state index contributed by atoms with van der Waals surface area (Å²) in [4.78, 5) is 2.77. The lowest BCUT2D eigenvalue weighted by Gasteiger charge is -2.39. The van der Waals surface area contributed by atoms with Gasteiger partial charge in [0, 0.05) is 35.8 Å². The second-order valence-electron chi connectivity index (χ2n) is 8.62. The van der Waals surface area contributed by atoms with Crippen molar-refractivity contribution in [1.29, 1.82) is 0 Å². The Kier molecular flexibility index (Phi) is 4.82. The van der Waals surface area contributed by atoms with E-state index >= 15 is 0 Å². The number of nitrogens with zero attached hydrogens (tertiary/aromatic N) is 3. The predicted molar refractivity (Wildman–Crippen MR) is 109 cm³/mol. The minimum Gasteiger partial charge on any atom is -0.382 e. The SMILES string of the molecule is CCCN1C2CCC1CC(Nc1ccc3c(cnn3C3CCCCO3)c1)C2. The molecule has 1 aromatic carbocycles. The molecule has 4 heterocycles. The summed E-state index contributed by atoms with van der Waals surface area (Å²) >= 11 is 0. The lowest BCUT2D eigenvalue weighted by atomic mass is 9.96. The number of anilines is 1. The van der Waals surface area contributed by atoms with E-state index in [1.54, 1.807) is 0 Å². The zero-order chi connectivity index (χ0) is 18.2. The number of benzene rings is 1. The van der Waals surface area contributed by atoms with Crippen molar-refractivity contribution in [2.45, 2.75) is 82.6 Å². The van der Waals surface area contributed by atoms with Gasteiger partial charge in [0.15, 0.2) is 6.23 Å². The number of aromatic nitrogens is 2. The highest BCUT2D eigenvalue weighted by Crippen LogP contribution is 2.37. The zero-order valence-corrected chi connectivity index (χ0v) is 16.4. The van der Waals surface area contributed by atoms with Crippen molar-refractivity contribution in [3.05, 3.63) is 24.4 Å². The fourth-order valence-corrected chi connectivity index (χ4v) is 5.54. The van der Waals surface area contributed by atoms with Crippen LogP contribution in [-0.2, 0) is 4.74 Å². The van der Waals surface area contributed by atoms with Gasteiger partial charge in [0.1, 0.15) is 0 Å². The van der Waals surface area contributed by atoms with Crippen molar-refractivity contribution in [1.82, 2.24) is 14.7 Å². The van der Waals surface area contributed by atoms with Gasteiger partial charge in [0.05, 0.1) is 11.7 Å². The summed E-state index contributed by atoms with van der Waals surface area (Å²) in [5.74, 6) is 0. The van der Waals surface area contributed by atoms with E-state index < -0.39 is 0 Å². The van der Waals surface area contributed by atoms with Gasteiger partial charge in [0.25, 0.3) is 0 Å². The van der Waals surface area contributed by atoms with Gasteiger partial charge in [-0.25, -0.2) is 4.68 Å². The van der Waals surface area contributed by atoms with Crippen LogP contribution >= 0.6 is 0 Å². The molecular weight excluding hydrogens is 336 g/mol. The van der Waals surface area contributed by atoms with Gasteiger partial charge in [0.2, 0.25) is 0 Å². The quantitative estimate of drug-likeness (QED) is 0.840. The van der Waals surface area contributed by atoms with Crippen LogP contribution in [0.1, 0.15) is 64.5 Å². The maximum atomic E-state index is 5.92. The lowest BCUT2D eigenvalue weighted by molar-refractivity contribution is -0.0366. The first-order valence-corrected chi connectivity index (χ1v) is 10.9. The van der Waals surface area contributed by atoms with Gasteiger partial charge >= 0.3 is 0 Å². The second kappa shape index (κ2) is 7.44. The van der Waals surface area contributed by atoms with Gasteiger partial charge in [-0.05, 0) is 76.1 Å². The molecule has 3 aliphatic rings. The van der Waals surface area contributed by atoms with Crippen molar-refractivity contribution in [2.24, 2.45) is 0 Å². The molecule has 1 aromatic heterocycles. The summed E-state index contributed by atoms with van der Waals surface area (Å²) in [6, 6.07) is 8.88. The van der Waals surface area contributed by atoms with Crippen molar-refractivity contribution >= 4 is 16.6 Å². The molecule has 3 aliphatic heterocycles. The molecule has 3 saturated heterocycles. The Balaban J connectivity index is 1.29. The zero-order valence-electron chi connectivity index (χ0n) is 16.4. The molecule has 2 aromatic rings. The number of nitrogens with one attached hydrogen (secondary N) is 1. The Morgan fingerprint density at radius 3 is 2.74 bits per heavy atom. The average molecular weight is 369 g/mol. The largest absolute Gasteiger partial charge is 0.382 e. The van der Waals surface area contributed by atoms with Crippen LogP contribution in [0, 0.1) is 0 Å². The summed E-state index contributed by atoms with van der Waals surface area (Å²) < 4.78 is 7.99. The van der Waals surface area contributed by atoms with Crippen molar-refractivity contribution in [3.63, 3.8) is 0 Å². The Bertz CT molecular complexity index is 768. The Labute approximate surface area is 162 Å². The van der Waals surface area contributed by atoms with Crippen LogP contribution in [0.4, 0.5) is 5.69 Å². The van der Waals surface area contributed by atoms with Crippen LogP contribution in [0.2, 0.25) is 0 Å². The van der Waals surface area contributed by atoms with E-state index in [4.69, 9.17) is 4.74 Å². The molecule has 5 heteroatoms. The van der Waals surface area contributed by atoms with Crippen LogP contribution in [0.15, 0.2) is 24.4 Å². The predicted octanol–water partition coefficient (Wildman–Crippen LogP) is 4.55. The van der Waals surface area contributed by atoms with E-state index in [0.717, 1.165) is 25.1 Å². The molecule has 0 radical (unpaired) electrons. The summed E-state index contributed by atoms with van der Waals surface area (Å²) in [6.45, 7) is 4.43. The lowest BCUT2D eigenvalue weighted by Crippen LogP contribution is -2.47. The fraction of sp³-hybridized carbons (Fsp3) is 0.682. The standard InChI is InChI=1S/C22H32N4O/c1-2-10-25-19-7-8-20(25)14-18(13-19)24-17-6-9-21-16(12-17)15-23-26(21)22-5-3-4-11-27-22/h6,9,12,15,18-20,22,24H,2-5,7-8,10-11,13-14H2,1H3. The Morgan fingerprint density at radius 2 is 2.00 bits per heavy atom. The monoisotopic (exact) mass is 368 g/mol. The number of hydrogen-bond donors (Lipinski definition) is 1. The molecule has 2 bridgehead atoms. The van der Waals surface area contributed by atoms with E-state index in [9.17, 15) is 0 Å². The molecule has 27 heavy (non-hydrogen) atoms. The Hall–Kier alpha value is -1.59. The molecule has 146 valence electrons. The topological polar surface area (TPSA) is 42.3 Å². The highest BCUT2D eigenvalue weighted by Gasteiger charge is 2.39. The van der Waals surface area contributed by atoms with Crippen LogP contribution < -0.4 is 5.32 Å². The molecule has 0 spiro atoms. The number of fused-ring (bicyclic) bond motifs is 3. The van der Waals surface area contributed by atoms with Crippen molar-refractivity contribution < 1.29 is 4.74 Å². The molecular formula is C22H32N4O. The van der Waals surface area contributed by atoms with E-state index in [0.29, 0.717) is 6.04 Å². The van der Waals surface area contributed by atoms with Crippen molar-refractivity contribution in [2.75, 3.05) is 18.5 Å². The third kappa shape index (κ3) is 3.36. The minimum atomic E-state index is 0.105. The molecule has 3 atom stereocenters. The van der Waals surface area contributed by atoms with Crippen LogP contribution in [0.5, 0.6) is 0 Å². The smallest absolute Gasteiger partial charge is 0.150 e. The third-order valence-corrected chi connectivity index (χ3v) is 6.76. The number of rotatable bonds is 5. The Morgan fingerprint density at radius 1 is 1.15 bits per heavy atom. The third-order valence-electron chi connectivity index (χ3n) is 6.76. The second-order valence-corrected chi connectivity index (χ2v) is 8.62. The fourth-order valence-electron chi connectivity index (χ4n) is 5.54. The van der Waals surface area contributed by atoms with Gasteiger partial charge < -0.3 is 10.1 Å². The van der Waals surface area contributed by atoms with Gasteiger partial charge in [-0.15, -0.1) is 0 Å². The highest BCUT2D eigenvalue weighted by atomic mass is 16.5. The molecule has 0 amide bonds. The van der Waals surface area contributed by atoms with E-state index in [1.807, 2.05) is 6.20 Å². The summed E-state index contributed by atoms with van der Waals surface area (Å²) in [5, 5.41) is 9.67. The van der Waals surface area contributed by atoms with Gasteiger partial charge in [-0.2, -0.15) is 5.10 Å². The normalized spacial score (nSPS) is 31.4. The number of hydrogen-bond acceptors (Lipinski definition) is 4. The van der Waals surface area contributed by atoms with E-state index in [1.165, 1.54) is 68.1 Å². The maximum Gasteiger partial charge on any atom is 0.150 e. The first kappa shape index (κ1) is 17.5. The number of piperidine rings is 1. The summed E-state index contributed by atoms with van der Waals surface area (Å²) in [5.41, 5.74) is 2.42. The van der Waals surface area contributed by atoms with Crippen LogP contribution in [0.3, 0.4) is 0 Å². The van der Waals surface area contributed by atoms with Crippen LogP contribution in [-0.4, -0.2) is 46.0 Å². The molecule has 5 rings (SSSR count). The molecule has 3 unspecified atom stereocenters. The maximum absolute atomic E-state index is 5.92. The molecule has 0 saturated carbocycles. The van der Waals surface area contributed by atoms with Gasteiger partial charge in [-0.3, -0.25) is 4.90 Å². The first-order valence-electron chi connectivity index (χ1n) is 10.9. The van der Waals surface area contributed by atoms with E-state index in [2.05, 4.69) is 45.1 Å². The molecule has 3 fully saturated rings. The van der Waals surface area contributed by atoms with Crippen LogP contribution in [0.25, 0.3) is 10.9 Å². The summed E-state index contributed by atoms with van der Waals surface area (Å²) in [6.07, 6.45) is 12.2. The minimum absolute atomic E-state index is 0.105. The first-order chi connectivity index (χ1) is 13.3. The highest BCUT2D eigenvalue weighted by molar-refractivity contribution is 5.82. The van der Waals surface area contributed by atoms with Gasteiger partial charge in [-0.1, -0.05) is 6.92 Å².